The fourth-order valence-electron chi connectivity index (χ4n) is 1.84. The minimum Gasteiger partial charge on any atom is -0.308 e. The number of rotatable bonds is 2. The summed E-state index contributed by atoms with van der Waals surface area (Å²) in [5.41, 5.74) is 0.197. The highest BCUT2D eigenvalue weighted by Gasteiger charge is 2.31. The first-order valence-corrected chi connectivity index (χ1v) is 5.91. The van der Waals surface area contributed by atoms with Crippen molar-refractivity contribution >= 4 is 17.5 Å². The lowest BCUT2D eigenvalue weighted by Crippen LogP contribution is -2.32. The molecular weight excluding hydrogens is 252 g/mol. The summed E-state index contributed by atoms with van der Waals surface area (Å²) in [7, 11) is 0. The zero-order valence-corrected chi connectivity index (χ0v) is 9.86. The van der Waals surface area contributed by atoms with Gasteiger partial charge in [-0.25, -0.2) is 8.78 Å². The summed E-state index contributed by atoms with van der Waals surface area (Å²) < 4.78 is 26.8. The minimum absolute atomic E-state index is 0.217. The lowest BCUT2D eigenvalue weighted by atomic mass is 10.1. The highest BCUT2D eigenvalue weighted by molar-refractivity contribution is 6.23. The molecular formula is C13H10F2N3O. The van der Waals surface area contributed by atoms with Crippen molar-refractivity contribution in [2.45, 2.75) is 12.8 Å². The third-order valence-corrected chi connectivity index (χ3v) is 2.98. The van der Waals surface area contributed by atoms with E-state index in [1.165, 1.54) is 6.07 Å². The van der Waals surface area contributed by atoms with Gasteiger partial charge in [0.2, 0.25) is 0 Å². The molecule has 0 saturated heterocycles. The van der Waals surface area contributed by atoms with Gasteiger partial charge in [-0.3, -0.25) is 4.79 Å². The van der Waals surface area contributed by atoms with Crippen LogP contribution in [0.15, 0.2) is 28.4 Å². The van der Waals surface area contributed by atoms with Crippen LogP contribution in [0.3, 0.4) is 0 Å². The zero-order chi connectivity index (χ0) is 13.4. The Hall–Kier alpha value is -2.11. The first-order chi connectivity index (χ1) is 9.15. The molecule has 1 aromatic carbocycles. The molecule has 2 aliphatic rings. The monoisotopic (exact) mass is 262 g/mol. The maximum Gasteiger partial charge on any atom is 0.262 e. The zero-order valence-electron chi connectivity index (χ0n) is 9.86. The minimum atomic E-state index is -0.903. The van der Waals surface area contributed by atoms with Gasteiger partial charge < -0.3 is 5.32 Å². The van der Waals surface area contributed by atoms with E-state index in [9.17, 15) is 13.6 Å². The van der Waals surface area contributed by atoms with E-state index < -0.39 is 23.1 Å². The number of carbonyl (C=O) groups is 1. The van der Waals surface area contributed by atoms with Crippen LogP contribution in [0.1, 0.15) is 23.2 Å². The van der Waals surface area contributed by atoms with Crippen molar-refractivity contribution in [1.82, 2.24) is 5.32 Å². The largest absolute Gasteiger partial charge is 0.308 e. The van der Waals surface area contributed by atoms with Crippen molar-refractivity contribution in [2.24, 2.45) is 16.1 Å². The van der Waals surface area contributed by atoms with Crippen molar-refractivity contribution in [3.63, 3.8) is 0 Å². The van der Waals surface area contributed by atoms with E-state index in [2.05, 4.69) is 15.5 Å². The second-order valence-corrected chi connectivity index (χ2v) is 4.48. The Kier molecular flexibility index (Phi) is 2.85. The molecule has 1 aliphatic heterocycles. The molecule has 0 bridgehead atoms. The van der Waals surface area contributed by atoms with E-state index in [1.54, 1.807) is 6.42 Å². The van der Waals surface area contributed by atoms with Crippen LogP contribution in [0.2, 0.25) is 0 Å². The molecule has 0 atom stereocenters. The Morgan fingerprint density at radius 3 is 2.53 bits per heavy atom. The van der Waals surface area contributed by atoms with Crippen LogP contribution in [-0.4, -0.2) is 17.5 Å². The van der Waals surface area contributed by atoms with Gasteiger partial charge in [0.15, 0.2) is 0 Å². The second kappa shape index (κ2) is 4.53. The van der Waals surface area contributed by atoms with E-state index in [-0.39, 0.29) is 5.84 Å². The Labute approximate surface area is 108 Å². The molecule has 1 N–H and O–H groups in total. The maximum atomic E-state index is 13.4. The second-order valence-electron chi connectivity index (χ2n) is 4.48. The number of amides is 1. The predicted molar refractivity (Wildman–Crippen MR) is 65.7 cm³/mol. The van der Waals surface area contributed by atoms with Crippen molar-refractivity contribution in [3.8, 4) is 0 Å². The summed E-state index contributed by atoms with van der Waals surface area (Å²) in [6.07, 6.45) is 3.76. The van der Waals surface area contributed by atoms with Gasteiger partial charge in [-0.1, -0.05) is 6.07 Å². The summed E-state index contributed by atoms with van der Waals surface area (Å²) in [6.45, 7) is 0. The third kappa shape index (κ3) is 2.38. The van der Waals surface area contributed by atoms with Crippen LogP contribution in [0.5, 0.6) is 0 Å². The van der Waals surface area contributed by atoms with Crippen molar-refractivity contribution in [3.05, 3.63) is 41.8 Å². The number of carbonyl (C=O) groups excluding carboxylic acids is 1. The highest BCUT2D eigenvalue weighted by atomic mass is 19.1. The molecule has 1 aliphatic carbocycles. The number of nitrogens with zero attached hydrogens (tertiary/aromatic N) is 2. The third-order valence-electron chi connectivity index (χ3n) is 2.98. The number of amidine groups is 1. The molecule has 0 aromatic heterocycles. The Bertz CT molecular complexity index is 586. The van der Waals surface area contributed by atoms with Gasteiger partial charge in [-0.05, 0) is 30.9 Å². The fourth-order valence-corrected chi connectivity index (χ4v) is 1.84. The van der Waals surface area contributed by atoms with E-state index in [0.717, 1.165) is 30.7 Å². The molecule has 1 saturated carbocycles. The quantitative estimate of drug-likeness (QED) is 0.871. The fraction of sp³-hybridized carbons (Fsp3) is 0.231. The number of nitrogens with one attached hydrogen (secondary N) is 1. The predicted octanol–water partition coefficient (Wildman–Crippen LogP) is 2.08. The summed E-state index contributed by atoms with van der Waals surface area (Å²) in [4.78, 5) is 11.8. The van der Waals surface area contributed by atoms with Gasteiger partial charge in [0, 0.05) is 0 Å². The maximum absolute atomic E-state index is 13.4. The Morgan fingerprint density at radius 2 is 1.89 bits per heavy atom. The van der Waals surface area contributed by atoms with Crippen LogP contribution in [-0.2, 0) is 0 Å². The lowest BCUT2D eigenvalue weighted by Gasteiger charge is -2.06. The van der Waals surface area contributed by atoms with Gasteiger partial charge in [-0.15, -0.1) is 5.10 Å². The molecule has 1 heterocycles. The van der Waals surface area contributed by atoms with Crippen LogP contribution in [0, 0.1) is 24.0 Å². The molecule has 1 amide bonds. The van der Waals surface area contributed by atoms with Gasteiger partial charge in [-0.2, -0.15) is 5.10 Å². The normalized spacial score (nSPS) is 18.0. The SMILES string of the molecule is O=C(NC1=NN=C(C2CC2)[CH]1)c1c(F)cccc1F. The van der Waals surface area contributed by atoms with Crippen molar-refractivity contribution < 1.29 is 13.6 Å². The molecule has 1 fully saturated rings. The van der Waals surface area contributed by atoms with Gasteiger partial charge >= 0.3 is 0 Å². The smallest absolute Gasteiger partial charge is 0.262 e. The number of hydrogen-bond donors (Lipinski definition) is 1. The summed E-state index contributed by atoms with van der Waals surface area (Å²) in [5.74, 6) is -2.05. The van der Waals surface area contributed by atoms with E-state index in [1.807, 2.05) is 0 Å². The van der Waals surface area contributed by atoms with Gasteiger partial charge in [0.05, 0.1) is 12.1 Å². The summed E-state index contributed by atoms with van der Waals surface area (Å²) in [6, 6.07) is 3.27. The molecule has 1 aromatic rings. The molecule has 6 heteroatoms. The van der Waals surface area contributed by atoms with E-state index >= 15 is 0 Å². The number of benzene rings is 1. The molecule has 3 rings (SSSR count). The first-order valence-electron chi connectivity index (χ1n) is 5.91. The van der Waals surface area contributed by atoms with Crippen LogP contribution >= 0.6 is 0 Å². The molecule has 0 spiro atoms. The lowest BCUT2D eigenvalue weighted by molar-refractivity contribution is 0.0969. The number of hydrogen-bond acceptors (Lipinski definition) is 3. The molecule has 0 unspecified atom stereocenters. The van der Waals surface area contributed by atoms with Crippen molar-refractivity contribution in [1.29, 1.82) is 0 Å². The van der Waals surface area contributed by atoms with Crippen LogP contribution in [0.4, 0.5) is 8.78 Å². The summed E-state index contributed by atoms with van der Waals surface area (Å²) >= 11 is 0. The topological polar surface area (TPSA) is 53.8 Å². The van der Waals surface area contributed by atoms with Crippen LogP contribution < -0.4 is 5.32 Å². The Morgan fingerprint density at radius 1 is 1.21 bits per heavy atom. The molecule has 97 valence electrons. The molecule has 19 heavy (non-hydrogen) atoms. The summed E-state index contributed by atoms with van der Waals surface area (Å²) in [5, 5.41) is 10.0. The van der Waals surface area contributed by atoms with E-state index in [4.69, 9.17) is 0 Å². The highest BCUT2D eigenvalue weighted by Crippen LogP contribution is 2.32. The number of halogens is 2. The molecule has 4 nitrogen and oxygen atoms in total. The average Bonchev–Trinajstić information content (AvgIpc) is 3.10. The van der Waals surface area contributed by atoms with Crippen LogP contribution in [0.25, 0.3) is 0 Å². The first kappa shape index (κ1) is 12.0. The van der Waals surface area contributed by atoms with Gasteiger partial charge in [0.1, 0.15) is 23.0 Å². The van der Waals surface area contributed by atoms with Gasteiger partial charge in [0.25, 0.3) is 5.91 Å². The Balaban J connectivity index is 1.69. The van der Waals surface area contributed by atoms with E-state index in [0.29, 0.717) is 5.92 Å². The molecule has 1 radical (unpaired) electrons. The van der Waals surface area contributed by atoms with Crippen molar-refractivity contribution in [2.75, 3.05) is 0 Å². The standard InChI is InChI=1S/C13H10F2N3O/c14-8-2-1-3-9(15)12(8)13(19)16-11-6-10(17-18-11)7-4-5-7/h1-3,6-7H,4-5H2,(H,16,18,19). The average molecular weight is 262 g/mol.